The van der Waals surface area contributed by atoms with Crippen molar-refractivity contribution in [3.8, 4) is 0 Å². The molecule has 0 aliphatic rings. The summed E-state index contributed by atoms with van der Waals surface area (Å²) in [4.78, 5) is 0. The molecule has 0 aliphatic carbocycles. The summed E-state index contributed by atoms with van der Waals surface area (Å²) in [6, 6.07) is 0. The number of aliphatic hydroxyl groups is 1. The lowest BCUT2D eigenvalue weighted by molar-refractivity contribution is -0.212. The van der Waals surface area contributed by atoms with Gasteiger partial charge in [-0.2, -0.15) is 17.6 Å². The van der Waals surface area contributed by atoms with Crippen LogP contribution in [-0.4, -0.2) is 32.4 Å². The summed E-state index contributed by atoms with van der Waals surface area (Å²) in [5.74, 6) is 0. The molecule has 0 aromatic rings. The first kappa shape index (κ1) is 14.7. The molecule has 0 saturated heterocycles. The number of nitrogens with zero attached hydrogens (tertiary/aromatic N) is 1. The predicted molar refractivity (Wildman–Crippen MR) is 46.1 cm³/mol. The highest BCUT2D eigenvalue weighted by Gasteiger charge is 2.66. The van der Waals surface area contributed by atoms with E-state index in [0.717, 1.165) is 6.92 Å². The Morgan fingerprint density at radius 3 is 1.73 bits per heavy atom. The van der Waals surface area contributed by atoms with E-state index in [2.05, 4.69) is 28.4 Å². The normalized spacial score (nSPS) is 15.6. The molecule has 0 radical (unpaired) electrons. The first-order chi connectivity index (χ1) is 6.45. The lowest BCUT2D eigenvalue weighted by Gasteiger charge is -2.34. The highest BCUT2D eigenvalue weighted by Crippen LogP contribution is 2.47. The van der Waals surface area contributed by atoms with Gasteiger partial charge in [0.1, 0.15) is 0 Å². The summed E-state index contributed by atoms with van der Waals surface area (Å²) >= 11 is 8.68. The molecule has 90 valence electrons. The molecule has 0 amide bonds. The van der Waals surface area contributed by atoms with Crippen molar-refractivity contribution < 1.29 is 27.9 Å². The molecule has 15 heavy (non-hydrogen) atoms. The standard InChI is InChI=1S/C6H7Cl2F4NO2/c1-3(13-15)2-4(14,5(7,9)10)6(8,11)12/h14-15H,2H2,1H3/b13-3-. The van der Waals surface area contributed by atoms with Gasteiger partial charge in [-0.1, -0.05) is 5.16 Å². The van der Waals surface area contributed by atoms with Gasteiger partial charge in [0.05, 0.1) is 5.71 Å². The van der Waals surface area contributed by atoms with E-state index in [-0.39, 0.29) is 0 Å². The molecule has 0 rings (SSSR count). The van der Waals surface area contributed by atoms with Crippen molar-refractivity contribution in [2.45, 2.75) is 29.7 Å². The maximum Gasteiger partial charge on any atom is 0.357 e. The first-order valence-electron chi connectivity index (χ1n) is 3.49. The molecular weight excluding hydrogens is 265 g/mol. The molecule has 0 aromatic heterocycles. The van der Waals surface area contributed by atoms with Crippen LogP contribution in [0.4, 0.5) is 17.6 Å². The van der Waals surface area contributed by atoms with Gasteiger partial charge in [0.15, 0.2) is 0 Å². The van der Waals surface area contributed by atoms with E-state index in [1.54, 1.807) is 0 Å². The van der Waals surface area contributed by atoms with Gasteiger partial charge in [-0.15, -0.1) is 0 Å². The molecule has 0 heterocycles. The Bertz CT molecular complexity index is 247. The summed E-state index contributed by atoms with van der Waals surface area (Å²) in [5.41, 5.74) is -4.60. The number of halogens is 6. The second-order valence-corrected chi connectivity index (χ2v) is 3.82. The van der Waals surface area contributed by atoms with Crippen molar-refractivity contribution in [3.63, 3.8) is 0 Å². The van der Waals surface area contributed by atoms with Crippen LogP contribution in [-0.2, 0) is 0 Å². The summed E-state index contributed by atoms with van der Waals surface area (Å²) in [6.07, 6.45) is -1.38. The lowest BCUT2D eigenvalue weighted by Crippen LogP contribution is -2.56. The van der Waals surface area contributed by atoms with E-state index < -0.39 is 28.5 Å². The fraction of sp³-hybridized carbons (Fsp3) is 0.833. The Labute approximate surface area is 92.3 Å². The lowest BCUT2D eigenvalue weighted by atomic mass is 9.97. The van der Waals surface area contributed by atoms with Crippen molar-refractivity contribution in [3.05, 3.63) is 0 Å². The number of alkyl halides is 6. The minimum absolute atomic E-state index is 0.571. The second kappa shape index (κ2) is 4.31. The van der Waals surface area contributed by atoms with Crippen molar-refractivity contribution >= 4 is 28.9 Å². The molecule has 0 atom stereocenters. The number of oxime groups is 1. The van der Waals surface area contributed by atoms with Crippen molar-refractivity contribution in [2.75, 3.05) is 0 Å². The van der Waals surface area contributed by atoms with Crippen LogP contribution in [0.15, 0.2) is 5.16 Å². The van der Waals surface area contributed by atoms with Crippen LogP contribution >= 0.6 is 23.2 Å². The molecule has 2 N–H and O–H groups in total. The predicted octanol–water partition coefficient (Wildman–Crippen LogP) is 2.62. The minimum atomic E-state index is -4.68. The third-order valence-corrected chi connectivity index (χ3v) is 2.25. The number of hydrogen-bond acceptors (Lipinski definition) is 3. The van der Waals surface area contributed by atoms with Crippen LogP contribution in [0.2, 0.25) is 0 Å². The minimum Gasteiger partial charge on any atom is -0.411 e. The van der Waals surface area contributed by atoms with Crippen LogP contribution in [0.5, 0.6) is 0 Å². The van der Waals surface area contributed by atoms with Crippen LogP contribution in [0, 0.1) is 0 Å². The zero-order chi connectivity index (χ0) is 12.5. The number of hydrogen-bond donors (Lipinski definition) is 2. The van der Waals surface area contributed by atoms with E-state index in [4.69, 9.17) is 10.3 Å². The smallest absolute Gasteiger partial charge is 0.357 e. The molecule has 0 aromatic carbocycles. The van der Waals surface area contributed by atoms with Crippen molar-refractivity contribution in [2.24, 2.45) is 5.16 Å². The number of rotatable bonds is 4. The van der Waals surface area contributed by atoms with Gasteiger partial charge < -0.3 is 10.3 Å². The Balaban J connectivity index is 5.25. The molecule has 9 heteroatoms. The van der Waals surface area contributed by atoms with Crippen LogP contribution in [0.25, 0.3) is 0 Å². The molecule has 0 saturated carbocycles. The highest BCUT2D eigenvalue weighted by atomic mass is 35.5. The maximum absolute atomic E-state index is 12.6. The average Bonchev–Trinajstić information content (AvgIpc) is 1.99. The molecule has 0 fully saturated rings. The Morgan fingerprint density at radius 1 is 1.20 bits per heavy atom. The third-order valence-electron chi connectivity index (χ3n) is 1.62. The summed E-state index contributed by atoms with van der Waals surface area (Å²) in [5, 5.41) is 10.2. The van der Waals surface area contributed by atoms with Gasteiger partial charge in [0.2, 0.25) is 5.60 Å². The van der Waals surface area contributed by atoms with Gasteiger partial charge in [-0.05, 0) is 30.1 Å². The van der Waals surface area contributed by atoms with Crippen LogP contribution in [0.3, 0.4) is 0 Å². The van der Waals surface area contributed by atoms with Gasteiger partial charge >= 0.3 is 10.8 Å². The summed E-state index contributed by atoms with van der Waals surface area (Å²) in [7, 11) is 0. The van der Waals surface area contributed by atoms with E-state index in [1.165, 1.54) is 0 Å². The largest absolute Gasteiger partial charge is 0.411 e. The fourth-order valence-corrected chi connectivity index (χ4v) is 1.19. The average molecular weight is 272 g/mol. The van der Waals surface area contributed by atoms with E-state index in [1.807, 2.05) is 0 Å². The highest BCUT2D eigenvalue weighted by molar-refractivity contribution is 6.26. The second-order valence-electron chi connectivity index (χ2n) is 2.87. The van der Waals surface area contributed by atoms with Gasteiger partial charge in [-0.25, -0.2) is 0 Å². The topological polar surface area (TPSA) is 52.8 Å². The Kier molecular flexibility index (Phi) is 4.23. The summed E-state index contributed by atoms with van der Waals surface area (Å²) < 4.78 is 50.3. The van der Waals surface area contributed by atoms with Gasteiger partial charge in [0.25, 0.3) is 0 Å². The Hall–Kier alpha value is -0.270. The zero-order valence-corrected chi connectivity index (χ0v) is 8.83. The molecule has 0 bridgehead atoms. The van der Waals surface area contributed by atoms with E-state index in [0.29, 0.717) is 0 Å². The maximum atomic E-state index is 12.6. The molecule has 0 unspecified atom stereocenters. The van der Waals surface area contributed by atoms with Gasteiger partial charge in [0, 0.05) is 6.42 Å². The quantitative estimate of drug-likeness (QED) is 0.272. The van der Waals surface area contributed by atoms with E-state index >= 15 is 0 Å². The summed E-state index contributed by atoms with van der Waals surface area (Å²) in [6.45, 7) is 0.941. The molecule has 3 nitrogen and oxygen atoms in total. The van der Waals surface area contributed by atoms with Crippen molar-refractivity contribution in [1.29, 1.82) is 0 Å². The SMILES string of the molecule is C/C(CC(O)(C(F)(F)Cl)C(F)(F)Cl)=N/O. The van der Waals surface area contributed by atoms with Gasteiger partial charge in [-0.3, -0.25) is 0 Å². The Morgan fingerprint density at radius 2 is 1.53 bits per heavy atom. The zero-order valence-electron chi connectivity index (χ0n) is 7.32. The van der Waals surface area contributed by atoms with Crippen LogP contribution < -0.4 is 0 Å². The van der Waals surface area contributed by atoms with E-state index in [9.17, 15) is 17.6 Å². The monoisotopic (exact) mass is 271 g/mol. The first-order valence-corrected chi connectivity index (χ1v) is 4.24. The molecular formula is C6H7Cl2F4NO2. The van der Waals surface area contributed by atoms with Crippen molar-refractivity contribution in [1.82, 2.24) is 0 Å². The molecule has 0 aliphatic heterocycles. The van der Waals surface area contributed by atoms with Crippen LogP contribution in [0.1, 0.15) is 13.3 Å². The molecule has 0 spiro atoms. The third kappa shape index (κ3) is 3.09. The fourth-order valence-electron chi connectivity index (χ4n) is 0.767.